The fourth-order valence-corrected chi connectivity index (χ4v) is 4.10. The molecule has 0 saturated heterocycles. The van der Waals surface area contributed by atoms with Crippen molar-refractivity contribution >= 4 is 18.0 Å². The van der Waals surface area contributed by atoms with Crippen LogP contribution < -0.4 is 10.6 Å². The van der Waals surface area contributed by atoms with Gasteiger partial charge in [0.25, 0.3) is 0 Å². The van der Waals surface area contributed by atoms with Crippen molar-refractivity contribution in [1.82, 2.24) is 10.6 Å². The fourth-order valence-electron chi connectivity index (χ4n) is 4.10. The molecule has 0 aliphatic heterocycles. The summed E-state index contributed by atoms with van der Waals surface area (Å²) in [5.74, 6) is -1.33. The molecule has 0 fully saturated rings. The zero-order chi connectivity index (χ0) is 23.6. The summed E-state index contributed by atoms with van der Waals surface area (Å²) < 4.78 is 10.5. The number of rotatable bonds is 12. The number of fused-ring (bicyclic) bond motifs is 3. The van der Waals surface area contributed by atoms with Crippen molar-refractivity contribution in [2.45, 2.75) is 38.1 Å². The third kappa shape index (κ3) is 6.79. The van der Waals surface area contributed by atoms with Crippen LogP contribution in [0.3, 0.4) is 0 Å². The van der Waals surface area contributed by atoms with Gasteiger partial charge in [-0.05, 0) is 28.7 Å². The summed E-state index contributed by atoms with van der Waals surface area (Å²) in [7, 11) is 0. The third-order valence-corrected chi connectivity index (χ3v) is 5.53. The number of carboxylic acids is 1. The predicted octanol–water partition coefficient (Wildman–Crippen LogP) is 3.30. The zero-order valence-corrected chi connectivity index (χ0v) is 18.7. The van der Waals surface area contributed by atoms with Gasteiger partial charge < -0.3 is 25.2 Å². The van der Waals surface area contributed by atoms with Crippen LogP contribution in [0.4, 0.5) is 4.79 Å². The minimum atomic E-state index is -1.06. The van der Waals surface area contributed by atoms with Crippen molar-refractivity contribution < 1.29 is 29.0 Å². The van der Waals surface area contributed by atoms with E-state index in [0.717, 1.165) is 28.7 Å². The molecular weight excluding hydrogens is 424 g/mol. The molecule has 8 nitrogen and oxygen atoms in total. The topological polar surface area (TPSA) is 114 Å². The van der Waals surface area contributed by atoms with Crippen LogP contribution in [0.2, 0.25) is 0 Å². The Bertz CT molecular complexity index is 931. The third-order valence-electron chi connectivity index (χ3n) is 5.53. The molecule has 2 aromatic carbocycles. The molecule has 0 bridgehead atoms. The number of benzene rings is 2. The van der Waals surface area contributed by atoms with Crippen LogP contribution in [0.5, 0.6) is 0 Å². The zero-order valence-electron chi connectivity index (χ0n) is 18.7. The van der Waals surface area contributed by atoms with Crippen LogP contribution in [0.25, 0.3) is 11.1 Å². The van der Waals surface area contributed by atoms with E-state index in [1.807, 2.05) is 31.2 Å². The number of ether oxygens (including phenoxy) is 2. The Morgan fingerprint density at radius 2 is 1.67 bits per heavy atom. The van der Waals surface area contributed by atoms with E-state index in [4.69, 9.17) is 14.6 Å². The maximum atomic E-state index is 12.5. The molecule has 0 spiro atoms. The maximum Gasteiger partial charge on any atom is 0.407 e. The molecule has 1 atom stereocenters. The highest BCUT2D eigenvalue weighted by atomic mass is 16.5. The van der Waals surface area contributed by atoms with Gasteiger partial charge in [-0.1, -0.05) is 61.9 Å². The van der Waals surface area contributed by atoms with Gasteiger partial charge in [-0.25, -0.2) is 9.59 Å². The van der Waals surface area contributed by atoms with Crippen molar-refractivity contribution in [1.29, 1.82) is 0 Å². The normalized spacial score (nSPS) is 13.0. The minimum absolute atomic E-state index is 0.0260. The summed E-state index contributed by atoms with van der Waals surface area (Å²) in [6.45, 7) is 2.10. The molecule has 0 heterocycles. The Labute approximate surface area is 193 Å². The van der Waals surface area contributed by atoms with E-state index >= 15 is 0 Å². The van der Waals surface area contributed by atoms with Gasteiger partial charge in [-0.2, -0.15) is 0 Å². The summed E-state index contributed by atoms with van der Waals surface area (Å²) in [5.41, 5.74) is 4.60. The number of nitrogens with one attached hydrogen (secondary N) is 2. The van der Waals surface area contributed by atoms with Crippen molar-refractivity contribution in [3.05, 3.63) is 59.7 Å². The van der Waals surface area contributed by atoms with Gasteiger partial charge in [0.1, 0.15) is 13.2 Å². The lowest BCUT2D eigenvalue weighted by molar-refractivity contribution is -0.142. The molecule has 0 saturated carbocycles. The number of hydrogen-bond donors (Lipinski definition) is 3. The molecule has 176 valence electrons. The second kappa shape index (κ2) is 12.0. The SMILES string of the molecule is CCC[C@H](CC(=O)NCCOCC(=O)O)NC(=O)OCC1c2ccccc2-c2ccccc21. The highest BCUT2D eigenvalue weighted by Crippen LogP contribution is 2.44. The smallest absolute Gasteiger partial charge is 0.407 e. The van der Waals surface area contributed by atoms with Crippen LogP contribution >= 0.6 is 0 Å². The second-order valence-corrected chi connectivity index (χ2v) is 7.96. The summed E-state index contributed by atoms with van der Waals surface area (Å²) in [4.78, 5) is 35.1. The first-order valence-corrected chi connectivity index (χ1v) is 11.2. The van der Waals surface area contributed by atoms with E-state index in [9.17, 15) is 14.4 Å². The average molecular weight is 455 g/mol. The Morgan fingerprint density at radius 3 is 2.27 bits per heavy atom. The Hall–Kier alpha value is -3.39. The van der Waals surface area contributed by atoms with Gasteiger partial charge in [0.05, 0.1) is 6.61 Å². The van der Waals surface area contributed by atoms with Gasteiger partial charge in [-0.3, -0.25) is 4.79 Å². The Balaban J connectivity index is 1.49. The first-order valence-electron chi connectivity index (χ1n) is 11.2. The van der Waals surface area contributed by atoms with Gasteiger partial charge in [0.15, 0.2) is 0 Å². The summed E-state index contributed by atoms with van der Waals surface area (Å²) in [6.07, 6.45) is 0.987. The molecule has 3 rings (SSSR count). The first kappa shape index (κ1) is 24.3. The van der Waals surface area contributed by atoms with Gasteiger partial charge in [-0.15, -0.1) is 0 Å². The van der Waals surface area contributed by atoms with E-state index in [1.165, 1.54) is 0 Å². The largest absolute Gasteiger partial charge is 0.480 e. The number of hydrogen-bond acceptors (Lipinski definition) is 5. The molecule has 3 N–H and O–H groups in total. The predicted molar refractivity (Wildman–Crippen MR) is 123 cm³/mol. The van der Waals surface area contributed by atoms with Crippen molar-refractivity contribution in [3.8, 4) is 11.1 Å². The highest BCUT2D eigenvalue weighted by Gasteiger charge is 2.29. The average Bonchev–Trinajstić information content (AvgIpc) is 3.11. The van der Waals surface area contributed by atoms with Crippen molar-refractivity contribution in [3.63, 3.8) is 0 Å². The van der Waals surface area contributed by atoms with Crippen LogP contribution in [-0.2, 0) is 19.1 Å². The molecule has 0 unspecified atom stereocenters. The number of alkyl carbamates (subject to hydrolysis) is 1. The fraction of sp³-hybridized carbons (Fsp3) is 0.400. The molecule has 0 radical (unpaired) electrons. The molecule has 1 aliphatic rings. The standard InChI is InChI=1S/C25H30N2O6/c1-2-7-17(14-23(28)26-12-13-32-16-24(29)30)27-25(31)33-15-22-20-10-5-3-8-18(20)19-9-4-6-11-21(19)22/h3-6,8-11,17,22H,2,7,12-16H2,1H3,(H,26,28)(H,27,31)(H,29,30)/t17-/m1/s1. The number of amides is 2. The highest BCUT2D eigenvalue weighted by molar-refractivity contribution is 5.79. The van der Waals surface area contributed by atoms with E-state index in [1.54, 1.807) is 0 Å². The Kier molecular flexibility index (Phi) is 8.83. The van der Waals surface area contributed by atoms with E-state index in [-0.39, 0.29) is 44.0 Å². The molecule has 2 amide bonds. The van der Waals surface area contributed by atoms with Gasteiger partial charge in [0.2, 0.25) is 5.91 Å². The number of aliphatic carboxylic acids is 1. The quantitative estimate of drug-likeness (QED) is 0.424. The molecular formula is C25H30N2O6. The molecule has 33 heavy (non-hydrogen) atoms. The molecule has 1 aliphatic carbocycles. The Morgan fingerprint density at radius 1 is 1.03 bits per heavy atom. The lowest BCUT2D eigenvalue weighted by Gasteiger charge is -2.19. The summed E-state index contributed by atoms with van der Waals surface area (Å²) in [6, 6.07) is 15.9. The van der Waals surface area contributed by atoms with Crippen LogP contribution in [-0.4, -0.2) is 55.5 Å². The molecule has 0 aromatic heterocycles. The van der Waals surface area contributed by atoms with Crippen molar-refractivity contribution in [2.75, 3.05) is 26.4 Å². The summed E-state index contributed by atoms with van der Waals surface area (Å²) >= 11 is 0. The number of carboxylic acid groups (broad SMARTS) is 1. The van der Waals surface area contributed by atoms with Crippen LogP contribution in [0.15, 0.2) is 48.5 Å². The minimum Gasteiger partial charge on any atom is -0.480 e. The van der Waals surface area contributed by atoms with Crippen LogP contribution in [0.1, 0.15) is 43.2 Å². The maximum absolute atomic E-state index is 12.5. The summed E-state index contributed by atoms with van der Waals surface area (Å²) in [5, 5.41) is 14.0. The number of carbonyl (C=O) groups excluding carboxylic acids is 2. The van der Waals surface area contributed by atoms with Crippen LogP contribution in [0, 0.1) is 0 Å². The van der Waals surface area contributed by atoms with Gasteiger partial charge in [0, 0.05) is 24.9 Å². The first-order chi connectivity index (χ1) is 16.0. The number of carbonyl (C=O) groups is 3. The molecule has 2 aromatic rings. The lowest BCUT2D eigenvalue weighted by Crippen LogP contribution is -2.40. The van der Waals surface area contributed by atoms with Crippen molar-refractivity contribution in [2.24, 2.45) is 0 Å². The van der Waals surface area contributed by atoms with E-state index in [0.29, 0.717) is 6.42 Å². The van der Waals surface area contributed by atoms with E-state index < -0.39 is 18.7 Å². The molecule has 8 heteroatoms. The second-order valence-electron chi connectivity index (χ2n) is 7.96. The van der Waals surface area contributed by atoms with E-state index in [2.05, 4.69) is 34.9 Å². The lowest BCUT2D eigenvalue weighted by atomic mass is 9.98. The van der Waals surface area contributed by atoms with Gasteiger partial charge >= 0.3 is 12.1 Å². The monoisotopic (exact) mass is 454 g/mol.